The van der Waals surface area contributed by atoms with E-state index in [2.05, 4.69) is 6.58 Å². The van der Waals surface area contributed by atoms with Crippen molar-refractivity contribution in [2.45, 2.75) is 44.8 Å². The Labute approximate surface area is 124 Å². The third-order valence-corrected chi connectivity index (χ3v) is 5.96. The molecule has 6 atom stereocenters. The highest BCUT2D eigenvalue weighted by Gasteiger charge is 2.67. The number of aliphatic hydroxyl groups is 1. The van der Waals surface area contributed by atoms with E-state index in [0.717, 1.165) is 12.8 Å². The number of allylic oxidation sites excluding steroid dienone is 2. The lowest BCUT2D eigenvalue weighted by molar-refractivity contribution is -0.166. The van der Waals surface area contributed by atoms with Gasteiger partial charge in [0.2, 0.25) is 0 Å². The van der Waals surface area contributed by atoms with E-state index in [1.54, 1.807) is 19.1 Å². The van der Waals surface area contributed by atoms with E-state index in [9.17, 15) is 14.7 Å². The Kier molecular flexibility index (Phi) is 3.14. The van der Waals surface area contributed by atoms with Crippen molar-refractivity contribution in [3.05, 3.63) is 24.8 Å². The molecule has 0 aromatic heterocycles. The zero-order valence-corrected chi connectivity index (χ0v) is 12.5. The summed E-state index contributed by atoms with van der Waals surface area (Å²) in [5, 5.41) is 11.1. The van der Waals surface area contributed by atoms with Crippen molar-refractivity contribution in [3.63, 3.8) is 0 Å². The average molecular weight is 290 g/mol. The van der Waals surface area contributed by atoms with Crippen LogP contribution in [0.2, 0.25) is 0 Å². The molecular formula is C17H22O4. The quantitative estimate of drug-likeness (QED) is 0.624. The van der Waals surface area contributed by atoms with Crippen molar-refractivity contribution in [2.75, 3.05) is 0 Å². The molecule has 1 saturated heterocycles. The zero-order valence-electron chi connectivity index (χ0n) is 12.5. The molecule has 3 rings (SSSR count). The van der Waals surface area contributed by atoms with E-state index in [0.29, 0.717) is 6.42 Å². The lowest BCUT2D eigenvalue weighted by Crippen LogP contribution is -2.56. The molecule has 0 aromatic rings. The van der Waals surface area contributed by atoms with Gasteiger partial charge in [0.05, 0.1) is 11.3 Å². The van der Waals surface area contributed by atoms with E-state index in [-0.39, 0.29) is 29.5 Å². The Bertz CT molecular complexity index is 537. The van der Waals surface area contributed by atoms with Gasteiger partial charge in [-0.3, -0.25) is 9.59 Å². The molecule has 1 heterocycles. The van der Waals surface area contributed by atoms with E-state index >= 15 is 0 Å². The maximum absolute atomic E-state index is 12.5. The molecule has 1 aliphatic heterocycles. The predicted molar refractivity (Wildman–Crippen MR) is 77.3 cm³/mol. The van der Waals surface area contributed by atoms with Crippen molar-refractivity contribution in [3.8, 4) is 0 Å². The third-order valence-electron chi connectivity index (χ3n) is 5.96. The molecule has 0 unspecified atom stereocenters. The van der Waals surface area contributed by atoms with Crippen LogP contribution in [0.3, 0.4) is 0 Å². The maximum atomic E-state index is 12.5. The number of esters is 1. The zero-order chi connectivity index (χ0) is 15.4. The first-order valence-corrected chi connectivity index (χ1v) is 7.63. The van der Waals surface area contributed by atoms with Crippen molar-refractivity contribution >= 4 is 11.8 Å². The molecule has 1 N–H and O–H groups in total. The summed E-state index contributed by atoms with van der Waals surface area (Å²) in [5.74, 6) is -0.712. The normalized spacial score (nSPS) is 48.5. The van der Waals surface area contributed by atoms with Crippen LogP contribution in [0.1, 0.15) is 33.1 Å². The number of hydrogen-bond acceptors (Lipinski definition) is 4. The fourth-order valence-corrected chi connectivity index (χ4v) is 4.49. The van der Waals surface area contributed by atoms with Crippen LogP contribution < -0.4 is 0 Å². The summed E-state index contributed by atoms with van der Waals surface area (Å²) in [6.07, 6.45) is 6.36. The Hall–Kier alpha value is -1.42. The smallest absolute Gasteiger partial charge is 0.309 e. The van der Waals surface area contributed by atoms with Crippen LogP contribution in [0.4, 0.5) is 0 Å². The van der Waals surface area contributed by atoms with Crippen LogP contribution in [0, 0.1) is 23.2 Å². The van der Waals surface area contributed by atoms with Gasteiger partial charge in [-0.2, -0.15) is 0 Å². The first kappa shape index (κ1) is 14.5. The predicted octanol–water partition coefficient (Wildman–Crippen LogP) is 2.03. The fourth-order valence-electron chi connectivity index (χ4n) is 4.49. The molecule has 2 aliphatic carbocycles. The third kappa shape index (κ3) is 1.65. The molecule has 4 nitrogen and oxygen atoms in total. The van der Waals surface area contributed by atoms with E-state index < -0.39 is 17.1 Å². The number of hydrogen-bond donors (Lipinski definition) is 1. The Morgan fingerprint density at radius 2 is 2.19 bits per heavy atom. The van der Waals surface area contributed by atoms with Crippen LogP contribution in [0.5, 0.6) is 0 Å². The number of carbonyl (C=O) groups excluding carboxylic acids is 2. The largest absolute Gasteiger partial charge is 0.461 e. The van der Waals surface area contributed by atoms with Gasteiger partial charge >= 0.3 is 5.97 Å². The van der Waals surface area contributed by atoms with Crippen molar-refractivity contribution < 1.29 is 19.4 Å². The molecule has 0 spiro atoms. The summed E-state index contributed by atoms with van der Waals surface area (Å²) in [6, 6.07) is 0. The molecule has 0 amide bonds. The standard InChI is InChI=1S/C17H22O4/c1-4-5-12-11-7-6-10(2)17(20)9-8-13(18)16(17,3)14(11)21-15(12)19/h4,8-12,14,20H,1,5-7H2,2-3H3/t10-,11-,12+,14+,16-,17+/m0/s1. The van der Waals surface area contributed by atoms with Gasteiger partial charge in [-0.25, -0.2) is 0 Å². The number of fused-ring (bicyclic) bond motifs is 3. The second-order valence-electron chi connectivity index (χ2n) is 6.86. The molecule has 114 valence electrons. The minimum atomic E-state index is -1.23. The van der Waals surface area contributed by atoms with E-state index in [1.807, 2.05) is 6.92 Å². The second-order valence-corrected chi connectivity index (χ2v) is 6.86. The van der Waals surface area contributed by atoms with E-state index in [4.69, 9.17) is 4.74 Å². The SMILES string of the molecule is C=CC[C@H]1C(=O)O[C@@H]2[C@H]1CC[C@H](C)[C@]1(O)C=CC(=O)[C@@]21C. The average Bonchev–Trinajstić information content (AvgIpc) is 2.86. The van der Waals surface area contributed by atoms with Crippen LogP contribution in [0.25, 0.3) is 0 Å². The number of ketones is 1. The molecule has 1 saturated carbocycles. The Morgan fingerprint density at radius 1 is 1.48 bits per heavy atom. The van der Waals surface area contributed by atoms with Crippen molar-refractivity contribution in [1.29, 1.82) is 0 Å². The fraction of sp³-hybridized carbons (Fsp3) is 0.647. The highest BCUT2D eigenvalue weighted by molar-refractivity contribution is 6.00. The number of ether oxygens (including phenoxy) is 1. The second kappa shape index (κ2) is 4.54. The molecule has 21 heavy (non-hydrogen) atoms. The summed E-state index contributed by atoms with van der Waals surface area (Å²) in [4.78, 5) is 24.7. The van der Waals surface area contributed by atoms with Crippen LogP contribution in [-0.4, -0.2) is 28.6 Å². The Balaban J connectivity index is 2.08. The number of carbonyl (C=O) groups is 2. The van der Waals surface area contributed by atoms with Gasteiger partial charge in [-0.15, -0.1) is 6.58 Å². The summed E-state index contributed by atoms with van der Waals surface area (Å²) in [6.45, 7) is 7.42. The van der Waals surface area contributed by atoms with Crippen LogP contribution in [0.15, 0.2) is 24.8 Å². The van der Waals surface area contributed by atoms with Gasteiger partial charge in [0.1, 0.15) is 11.7 Å². The Morgan fingerprint density at radius 3 is 2.86 bits per heavy atom. The van der Waals surface area contributed by atoms with Crippen LogP contribution >= 0.6 is 0 Å². The first-order valence-electron chi connectivity index (χ1n) is 7.63. The lowest BCUT2D eigenvalue weighted by atomic mass is 9.64. The van der Waals surface area contributed by atoms with E-state index in [1.165, 1.54) is 6.08 Å². The monoisotopic (exact) mass is 290 g/mol. The number of rotatable bonds is 2. The minimum absolute atomic E-state index is 0.0270. The summed E-state index contributed by atoms with van der Waals surface area (Å²) in [5.41, 5.74) is -2.30. The minimum Gasteiger partial charge on any atom is -0.461 e. The molecule has 0 radical (unpaired) electrons. The topological polar surface area (TPSA) is 63.6 Å². The summed E-state index contributed by atoms with van der Waals surface area (Å²) in [7, 11) is 0. The van der Waals surface area contributed by atoms with Gasteiger partial charge in [-0.05, 0) is 44.3 Å². The van der Waals surface area contributed by atoms with Gasteiger partial charge in [0.25, 0.3) is 0 Å². The van der Waals surface area contributed by atoms with Crippen molar-refractivity contribution in [1.82, 2.24) is 0 Å². The van der Waals surface area contributed by atoms with Crippen LogP contribution in [-0.2, 0) is 14.3 Å². The van der Waals surface area contributed by atoms with Gasteiger partial charge in [-0.1, -0.05) is 13.0 Å². The van der Waals surface area contributed by atoms with Gasteiger partial charge in [0, 0.05) is 5.92 Å². The summed E-state index contributed by atoms with van der Waals surface area (Å²) >= 11 is 0. The van der Waals surface area contributed by atoms with Gasteiger partial charge < -0.3 is 9.84 Å². The molecule has 0 aromatic carbocycles. The van der Waals surface area contributed by atoms with Gasteiger partial charge in [0.15, 0.2) is 5.78 Å². The summed E-state index contributed by atoms with van der Waals surface area (Å²) < 4.78 is 5.60. The first-order chi connectivity index (χ1) is 9.86. The molecule has 3 aliphatic rings. The highest BCUT2D eigenvalue weighted by Crippen LogP contribution is 2.57. The lowest BCUT2D eigenvalue weighted by Gasteiger charge is -2.43. The van der Waals surface area contributed by atoms with Crippen molar-refractivity contribution in [2.24, 2.45) is 23.2 Å². The molecule has 0 bridgehead atoms. The molecule has 4 heteroatoms. The highest BCUT2D eigenvalue weighted by atomic mass is 16.6. The molecule has 2 fully saturated rings. The molecular weight excluding hydrogens is 268 g/mol. The maximum Gasteiger partial charge on any atom is 0.309 e.